The van der Waals surface area contributed by atoms with Crippen molar-refractivity contribution in [3.05, 3.63) is 65.5 Å². The number of benzene rings is 2. The van der Waals surface area contributed by atoms with Crippen LogP contribution in [0.2, 0.25) is 0 Å². The van der Waals surface area contributed by atoms with Gasteiger partial charge in [-0.15, -0.1) is 5.10 Å². The Morgan fingerprint density at radius 3 is 2.61 bits per heavy atom. The van der Waals surface area contributed by atoms with E-state index in [0.717, 1.165) is 12.0 Å². The normalized spacial score (nSPS) is 11.2. The van der Waals surface area contributed by atoms with Crippen LogP contribution in [-0.4, -0.2) is 44.9 Å². The van der Waals surface area contributed by atoms with Crippen LogP contribution in [0.5, 0.6) is 11.5 Å². The molecule has 0 fully saturated rings. The molecule has 4 rings (SSSR count). The summed E-state index contributed by atoms with van der Waals surface area (Å²) in [6.45, 7) is 4.43. The fourth-order valence-corrected chi connectivity index (χ4v) is 3.38. The molecule has 0 saturated heterocycles. The second-order valence-electron chi connectivity index (χ2n) is 7.69. The van der Waals surface area contributed by atoms with Gasteiger partial charge in [0.25, 0.3) is 5.91 Å². The number of hydrazine groups is 1. The second kappa shape index (κ2) is 11.0. The number of hydrogen-bond acceptors (Lipinski definition) is 10. The Kier molecular flexibility index (Phi) is 7.44. The molecule has 36 heavy (non-hydrogen) atoms. The van der Waals surface area contributed by atoms with Gasteiger partial charge in [0.2, 0.25) is 11.6 Å². The van der Waals surface area contributed by atoms with Crippen LogP contribution in [-0.2, 0) is 0 Å². The topological polar surface area (TPSA) is 155 Å². The van der Waals surface area contributed by atoms with Crippen molar-refractivity contribution in [3.63, 3.8) is 0 Å². The third-order valence-corrected chi connectivity index (χ3v) is 5.07. The van der Waals surface area contributed by atoms with E-state index in [-0.39, 0.29) is 17.3 Å². The molecule has 2 aromatic carbocycles. The Labute approximate surface area is 207 Å². The summed E-state index contributed by atoms with van der Waals surface area (Å²) < 4.78 is 17.0. The van der Waals surface area contributed by atoms with E-state index in [1.807, 2.05) is 37.3 Å². The highest BCUT2D eigenvalue weighted by molar-refractivity contribution is 5.98. The van der Waals surface area contributed by atoms with E-state index in [2.05, 4.69) is 31.5 Å². The van der Waals surface area contributed by atoms with E-state index in [0.29, 0.717) is 35.1 Å². The number of nitrogens with two attached hydrogens (primary N) is 1. The number of methoxy groups -OCH3 is 1. The molecule has 0 aliphatic heterocycles. The molecule has 12 heteroatoms. The standard InChI is InChI=1S/C24H26N8O4/c1-4-13-35-18-11-9-16(10-12-18)21-20(27-31-32(21)23-22(25)29-36-30-23)24(33)28-26-15(2)14-17-7-5-6-8-19(17)34-3/h5-12,14,26H,4,13H2,1-3H3,(H2,25,29)(H,28,33)/b15-14+. The lowest BCUT2D eigenvalue weighted by Gasteiger charge is -2.11. The predicted molar refractivity (Wildman–Crippen MR) is 132 cm³/mol. The van der Waals surface area contributed by atoms with Crippen molar-refractivity contribution >= 4 is 17.8 Å². The number of amides is 1. The molecule has 2 aromatic heterocycles. The van der Waals surface area contributed by atoms with Gasteiger partial charge < -0.3 is 20.6 Å². The Balaban J connectivity index is 1.61. The smallest absolute Gasteiger partial charge is 0.292 e. The lowest BCUT2D eigenvalue weighted by Crippen LogP contribution is -2.36. The fourth-order valence-electron chi connectivity index (χ4n) is 3.38. The van der Waals surface area contributed by atoms with Crippen molar-refractivity contribution in [3.8, 4) is 28.6 Å². The van der Waals surface area contributed by atoms with Crippen LogP contribution in [0.1, 0.15) is 36.3 Å². The number of ether oxygens (including phenoxy) is 2. The number of anilines is 1. The summed E-state index contributed by atoms with van der Waals surface area (Å²) in [4.78, 5) is 13.1. The van der Waals surface area contributed by atoms with Gasteiger partial charge in [-0.3, -0.25) is 10.2 Å². The summed E-state index contributed by atoms with van der Waals surface area (Å²) >= 11 is 0. The maximum absolute atomic E-state index is 13.1. The highest BCUT2D eigenvalue weighted by Crippen LogP contribution is 2.28. The van der Waals surface area contributed by atoms with E-state index in [9.17, 15) is 4.79 Å². The van der Waals surface area contributed by atoms with Crippen LogP contribution in [0.3, 0.4) is 0 Å². The highest BCUT2D eigenvalue weighted by Gasteiger charge is 2.25. The Morgan fingerprint density at radius 2 is 1.92 bits per heavy atom. The Morgan fingerprint density at radius 1 is 1.14 bits per heavy atom. The van der Waals surface area contributed by atoms with Gasteiger partial charge in [-0.05, 0) is 60.1 Å². The van der Waals surface area contributed by atoms with Crippen LogP contribution >= 0.6 is 0 Å². The molecule has 0 radical (unpaired) electrons. The third-order valence-electron chi connectivity index (χ3n) is 5.07. The average molecular weight is 491 g/mol. The van der Waals surface area contributed by atoms with Gasteiger partial charge in [-0.1, -0.05) is 30.3 Å². The molecular formula is C24H26N8O4. The van der Waals surface area contributed by atoms with E-state index in [1.54, 1.807) is 38.3 Å². The number of para-hydroxylation sites is 1. The van der Waals surface area contributed by atoms with Crippen molar-refractivity contribution in [2.24, 2.45) is 0 Å². The number of aromatic nitrogens is 5. The fraction of sp³-hybridized carbons (Fsp3) is 0.208. The minimum atomic E-state index is -0.523. The van der Waals surface area contributed by atoms with Gasteiger partial charge >= 0.3 is 0 Å². The molecule has 2 heterocycles. The van der Waals surface area contributed by atoms with Crippen LogP contribution < -0.4 is 26.1 Å². The summed E-state index contributed by atoms with van der Waals surface area (Å²) in [6.07, 6.45) is 2.73. The van der Waals surface area contributed by atoms with Crippen LogP contribution in [0.15, 0.2) is 58.9 Å². The van der Waals surface area contributed by atoms with E-state index in [4.69, 9.17) is 19.8 Å². The molecule has 0 aliphatic rings. The molecule has 0 aliphatic carbocycles. The first kappa shape index (κ1) is 24.3. The molecule has 0 bridgehead atoms. The first-order valence-electron chi connectivity index (χ1n) is 11.2. The van der Waals surface area contributed by atoms with E-state index < -0.39 is 5.91 Å². The number of hydrogen-bond donors (Lipinski definition) is 3. The van der Waals surface area contributed by atoms with Crippen LogP contribution in [0.25, 0.3) is 23.2 Å². The van der Waals surface area contributed by atoms with Gasteiger partial charge in [0.05, 0.1) is 13.7 Å². The van der Waals surface area contributed by atoms with Crippen LogP contribution in [0.4, 0.5) is 5.82 Å². The number of allylic oxidation sites excluding steroid dienone is 1. The van der Waals surface area contributed by atoms with Crippen molar-refractivity contribution in [1.29, 1.82) is 0 Å². The first-order valence-corrected chi connectivity index (χ1v) is 11.2. The molecule has 1 amide bonds. The molecule has 0 saturated carbocycles. The molecule has 4 aromatic rings. The van der Waals surface area contributed by atoms with Gasteiger partial charge in [0, 0.05) is 16.8 Å². The first-order chi connectivity index (χ1) is 17.5. The molecule has 4 N–H and O–H groups in total. The predicted octanol–water partition coefficient (Wildman–Crippen LogP) is 2.99. The van der Waals surface area contributed by atoms with Crippen LogP contribution in [0, 0.1) is 0 Å². The van der Waals surface area contributed by atoms with E-state index >= 15 is 0 Å². The largest absolute Gasteiger partial charge is 0.496 e. The lowest BCUT2D eigenvalue weighted by atomic mass is 10.1. The third kappa shape index (κ3) is 5.27. The monoisotopic (exact) mass is 490 g/mol. The maximum Gasteiger partial charge on any atom is 0.292 e. The zero-order chi connectivity index (χ0) is 25.5. The number of carbonyl (C=O) groups is 1. The molecule has 0 spiro atoms. The molecule has 186 valence electrons. The molecule has 0 atom stereocenters. The van der Waals surface area contributed by atoms with E-state index in [1.165, 1.54) is 4.68 Å². The minimum absolute atomic E-state index is 0.00437. The van der Waals surface area contributed by atoms with Gasteiger partial charge in [-0.2, -0.15) is 4.68 Å². The van der Waals surface area contributed by atoms with Crippen molar-refractivity contribution < 1.29 is 18.9 Å². The number of carbonyl (C=O) groups excluding carboxylic acids is 1. The molecular weight excluding hydrogens is 464 g/mol. The zero-order valence-electron chi connectivity index (χ0n) is 20.1. The highest BCUT2D eigenvalue weighted by atomic mass is 16.6. The summed E-state index contributed by atoms with van der Waals surface area (Å²) in [6, 6.07) is 14.7. The Hall–Kier alpha value is -4.87. The summed E-state index contributed by atoms with van der Waals surface area (Å²) in [5, 5.41) is 15.5. The summed E-state index contributed by atoms with van der Waals surface area (Å²) in [5.41, 5.74) is 14.0. The minimum Gasteiger partial charge on any atom is -0.496 e. The Bertz CT molecular complexity index is 1360. The zero-order valence-corrected chi connectivity index (χ0v) is 20.1. The van der Waals surface area contributed by atoms with Crippen molar-refractivity contribution in [2.45, 2.75) is 20.3 Å². The quantitative estimate of drug-likeness (QED) is 0.282. The van der Waals surface area contributed by atoms with Gasteiger partial charge in [0.15, 0.2) is 5.69 Å². The number of nitrogens with zero attached hydrogens (tertiary/aromatic N) is 5. The lowest BCUT2D eigenvalue weighted by molar-refractivity contribution is 0.0934. The number of nitrogens with one attached hydrogen (secondary N) is 2. The SMILES string of the molecule is CCCOc1ccc(-c2c(C(=O)NN/C(C)=C/c3ccccc3OC)nnn2-c2nonc2N)cc1. The maximum atomic E-state index is 13.1. The van der Waals surface area contributed by atoms with Gasteiger partial charge in [-0.25, -0.2) is 4.63 Å². The van der Waals surface area contributed by atoms with Gasteiger partial charge in [0.1, 0.15) is 17.2 Å². The summed E-state index contributed by atoms with van der Waals surface area (Å²) in [5.74, 6) is 1.01. The average Bonchev–Trinajstić information content (AvgIpc) is 3.52. The molecule has 0 unspecified atom stereocenters. The summed E-state index contributed by atoms with van der Waals surface area (Å²) in [7, 11) is 1.60. The van der Waals surface area contributed by atoms with Crippen molar-refractivity contribution in [2.75, 3.05) is 19.5 Å². The number of rotatable bonds is 10. The second-order valence-corrected chi connectivity index (χ2v) is 7.69. The van der Waals surface area contributed by atoms with Crippen molar-refractivity contribution in [1.82, 2.24) is 36.2 Å². The number of nitrogen functional groups attached to an aromatic ring is 1. The molecule has 12 nitrogen and oxygen atoms in total.